The molecule has 1 aromatic heterocycles. The molecule has 4 heteroatoms. The molecule has 0 aliphatic heterocycles. The van der Waals surface area contributed by atoms with Gasteiger partial charge in [0.1, 0.15) is 17.1 Å². The lowest BCUT2D eigenvalue weighted by Gasteiger charge is -2.04. The molecule has 0 aliphatic carbocycles. The minimum Gasteiger partial charge on any atom is -0.508 e. The molecule has 0 atom stereocenters. The van der Waals surface area contributed by atoms with Crippen molar-refractivity contribution < 1.29 is 14.6 Å². The summed E-state index contributed by atoms with van der Waals surface area (Å²) in [6.07, 6.45) is 0. The lowest BCUT2D eigenvalue weighted by atomic mass is 10.1. The third kappa shape index (κ3) is 1.34. The molecular formula is C13H8O4. The van der Waals surface area contributed by atoms with Crippen molar-refractivity contribution in [2.75, 3.05) is 0 Å². The van der Waals surface area contributed by atoms with E-state index in [1.165, 1.54) is 12.1 Å². The molecule has 0 spiro atoms. The van der Waals surface area contributed by atoms with Crippen LogP contribution in [0.3, 0.4) is 0 Å². The first-order chi connectivity index (χ1) is 8.16. The van der Waals surface area contributed by atoms with Crippen LogP contribution >= 0.6 is 0 Å². The number of benzene rings is 2. The Morgan fingerprint density at radius 3 is 2.47 bits per heavy atom. The molecule has 17 heavy (non-hydrogen) atoms. The highest BCUT2D eigenvalue weighted by Crippen LogP contribution is 2.33. The quantitative estimate of drug-likeness (QED) is 0.457. The minimum atomic E-state index is -0.488. The Labute approximate surface area is 95.3 Å². The van der Waals surface area contributed by atoms with Crippen molar-refractivity contribution >= 4 is 21.7 Å². The van der Waals surface area contributed by atoms with Crippen molar-refractivity contribution in [1.29, 1.82) is 0 Å². The first-order valence-electron chi connectivity index (χ1n) is 5.04. The Morgan fingerprint density at radius 2 is 1.71 bits per heavy atom. The van der Waals surface area contributed by atoms with Crippen LogP contribution in [0.1, 0.15) is 0 Å². The smallest absolute Gasteiger partial charge is 0.344 e. The van der Waals surface area contributed by atoms with Crippen LogP contribution in [0.5, 0.6) is 11.5 Å². The largest absolute Gasteiger partial charge is 0.508 e. The van der Waals surface area contributed by atoms with E-state index in [2.05, 4.69) is 0 Å². The second kappa shape index (κ2) is 3.25. The molecule has 0 amide bonds. The van der Waals surface area contributed by atoms with Crippen LogP contribution in [0.15, 0.2) is 45.6 Å². The molecule has 0 fully saturated rings. The predicted molar refractivity (Wildman–Crippen MR) is 63.3 cm³/mol. The minimum absolute atomic E-state index is 0.111. The molecule has 2 N–H and O–H groups in total. The summed E-state index contributed by atoms with van der Waals surface area (Å²) in [6, 6.07) is 9.38. The van der Waals surface area contributed by atoms with Crippen molar-refractivity contribution in [3.05, 3.63) is 46.8 Å². The first kappa shape index (κ1) is 9.72. The average molecular weight is 228 g/mol. The van der Waals surface area contributed by atoms with Gasteiger partial charge < -0.3 is 14.6 Å². The van der Waals surface area contributed by atoms with Gasteiger partial charge in [0.25, 0.3) is 0 Å². The number of phenolic OH excluding ortho intramolecular Hbond substituents is 2. The fourth-order valence-electron chi connectivity index (χ4n) is 1.97. The van der Waals surface area contributed by atoms with Crippen molar-refractivity contribution in [2.45, 2.75) is 0 Å². The Kier molecular flexibility index (Phi) is 1.86. The number of aromatic hydroxyl groups is 2. The van der Waals surface area contributed by atoms with E-state index in [1.54, 1.807) is 24.3 Å². The second-order valence-corrected chi connectivity index (χ2v) is 3.77. The molecule has 0 saturated heterocycles. The highest BCUT2D eigenvalue weighted by molar-refractivity contribution is 6.07. The Bertz CT molecular complexity index is 786. The number of hydrogen-bond donors (Lipinski definition) is 2. The van der Waals surface area contributed by atoms with Gasteiger partial charge in [-0.15, -0.1) is 0 Å². The summed E-state index contributed by atoms with van der Waals surface area (Å²) in [5.41, 5.74) is -0.315. The summed E-state index contributed by atoms with van der Waals surface area (Å²) in [5, 5.41) is 20.6. The molecule has 4 nitrogen and oxygen atoms in total. The fourth-order valence-corrected chi connectivity index (χ4v) is 1.97. The van der Waals surface area contributed by atoms with E-state index >= 15 is 0 Å². The van der Waals surface area contributed by atoms with Gasteiger partial charge in [0, 0.05) is 17.5 Å². The topological polar surface area (TPSA) is 70.7 Å². The van der Waals surface area contributed by atoms with Crippen LogP contribution in [0.25, 0.3) is 21.7 Å². The van der Waals surface area contributed by atoms with Crippen LogP contribution in [0, 0.1) is 0 Å². The zero-order chi connectivity index (χ0) is 12.0. The van der Waals surface area contributed by atoms with E-state index in [0.29, 0.717) is 16.2 Å². The Hall–Kier alpha value is -2.49. The van der Waals surface area contributed by atoms with Crippen molar-refractivity contribution in [1.82, 2.24) is 0 Å². The highest BCUT2D eigenvalue weighted by atomic mass is 16.4. The molecule has 0 aliphatic rings. The highest BCUT2D eigenvalue weighted by Gasteiger charge is 2.11. The molecule has 3 aromatic rings. The third-order valence-corrected chi connectivity index (χ3v) is 2.69. The standard InChI is InChI=1S/C13H8O4/c14-7-5-10(15)12-8-3-1-2-4-9(8)13(16)17-11(12)6-7/h1-6,14-15H. The Balaban J connectivity index is 2.69. The van der Waals surface area contributed by atoms with E-state index in [0.717, 1.165) is 0 Å². The first-order valence-corrected chi connectivity index (χ1v) is 5.04. The molecular weight excluding hydrogens is 220 g/mol. The number of rotatable bonds is 0. The molecule has 0 radical (unpaired) electrons. The van der Waals surface area contributed by atoms with Crippen LogP contribution in [0.2, 0.25) is 0 Å². The van der Waals surface area contributed by atoms with Gasteiger partial charge >= 0.3 is 5.63 Å². The summed E-state index contributed by atoms with van der Waals surface area (Å²) in [6.45, 7) is 0. The van der Waals surface area contributed by atoms with E-state index < -0.39 is 5.63 Å². The van der Waals surface area contributed by atoms with Crippen molar-refractivity contribution in [2.24, 2.45) is 0 Å². The summed E-state index contributed by atoms with van der Waals surface area (Å²) < 4.78 is 5.06. The number of fused-ring (bicyclic) bond motifs is 3. The zero-order valence-corrected chi connectivity index (χ0v) is 8.68. The van der Waals surface area contributed by atoms with Gasteiger partial charge in [-0.25, -0.2) is 4.79 Å². The van der Waals surface area contributed by atoms with Crippen LogP contribution < -0.4 is 5.63 Å². The van der Waals surface area contributed by atoms with Gasteiger partial charge in [-0.05, 0) is 6.07 Å². The lowest BCUT2D eigenvalue weighted by Crippen LogP contribution is -1.99. The summed E-state index contributed by atoms with van der Waals surface area (Å²) in [5.74, 6) is -0.256. The van der Waals surface area contributed by atoms with Gasteiger partial charge in [0.2, 0.25) is 0 Å². The predicted octanol–water partition coefficient (Wildman–Crippen LogP) is 2.36. The van der Waals surface area contributed by atoms with Gasteiger partial charge in [-0.3, -0.25) is 0 Å². The molecule has 1 heterocycles. The summed E-state index contributed by atoms with van der Waals surface area (Å²) in [4.78, 5) is 11.7. The van der Waals surface area contributed by atoms with E-state index in [4.69, 9.17) is 4.42 Å². The maximum Gasteiger partial charge on any atom is 0.344 e. The molecule has 2 aromatic carbocycles. The van der Waals surface area contributed by atoms with Crippen LogP contribution in [-0.4, -0.2) is 10.2 Å². The van der Waals surface area contributed by atoms with E-state index in [9.17, 15) is 15.0 Å². The van der Waals surface area contributed by atoms with E-state index in [1.807, 2.05) is 0 Å². The third-order valence-electron chi connectivity index (χ3n) is 2.69. The maximum atomic E-state index is 11.7. The molecule has 3 rings (SSSR count). The SMILES string of the molecule is O=c1oc2cc(O)cc(O)c2c2ccccc12. The van der Waals surface area contributed by atoms with Crippen molar-refractivity contribution in [3.63, 3.8) is 0 Å². The van der Waals surface area contributed by atoms with Gasteiger partial charge in [0.15, 0.2) is 0 Å². The van der Waals surface area contributed by atoms with Gasteiger partial charge in [-0.2, -0.15) is 0 Å². The van der Waals surface area contributed by atoms with Gasteiger partial charge in [0.05, 0.1) is 10.8 Å². The molecule has 0 saturated carbocycles. The van der Waals surface area contributed by atoms with E-state index in [-0.39, 0.29) is 17.1 Å². The Morgan fingerprint density at radius 1 is 1.00 bits per heavy atom. The van der Waals surface area contributed by atoms with Crippen molar-refractivity contribution in [3.8, 4) is 11.5 Å². The average Bonchev–Trinajstić information content (AvgIpc) is 2.28. The summed E-state index contributed by atoms with van der Waals surface area (Å²) in [7, 11) is 0. The monoisotopic (exact) mass is 228 g/mol. The second-order valence-electron chi connectivity index (χ2n) is 3.77. The maximum absolute atomic E-state index is 11.7. The molecule has 0 bridgehead atoms. The lowest BCUT2D eigenvalue weighted by molar-refractivity contribution is 0.452. The normalized spacial score (nSPS) is 11.1. The molecule has 0 unspecified atom stereocenters. The van der Waals surface area contributed by atoms with Gasteiger partial charge in [-0.1, -0.05) is 18.2 Å². The van der Waals surface area contributed by atoms with Crippen LogP contribution in [-0.2, 0) is 0 Å². The number of phenols is 2. The number of hydrogen-bond acceptors (Lipinski definition) is 4. The summed E-state index contributed by atoms with van der Waals surface area (Å²) >= 11 is 0. The molecule has 84 valence electrons. The zero-order valence-electron chi connectivity index (χ0n) is 8.68. The van der Waals surface area contributed by atoms with Crippen LogP contribution in [0.4, 0.5) is 0 Å². The fraction of sp³-hybridized carbons (Fsp3) is 0.